The Morgan fingerprint density at radius 1 is 1.04 bits per heavy atom. The maximum Gasteiger partial charge on any atom is 0.226 e. The van der Waals surface area contributed by atoms with Crippen molar-refractivity contribution in [2.45, 2.75) is 13.0 Å². The lowest BCUT2D eigenvalue weighted by Crippen LogP contribution is -2.27. The van der Waals surface area contributed by atoms with Crippen molar-refractivity contribution in [1.29, 1.82) is 0 Å². The van der Waals surface area contributed by atoms with Crippen LogP contribution in [0.4, 0.5) is 15.8 Å². The lowest BCUT2D eigenvalue weighted by Gasteiger charge is -2.24. The Kier molecular flexibility index (Phi) is 5.80. The number of halogens is 1. The Balaban J connectivity index is 1.64. The predicted octanol–water partition coefficient (Wildman–Crippen LogP) is 4.92. The van der Waals surface area contributed by atoms with Gasteiger partial charge in [0.05, 0.1) is 5.69 Å². The molecule has 1 N–H and O–H groups in total. The standard InChI is InChI=1S/C20H19FN2OS/c21-18-8-4-5-9-19(18)22-20(24)10-12-23(14-16-11-13-25-15-16)17-6-2-1-3-7-17/h1-9,11,13,15H,10,12,14H2,(H,22,24). The van der Waals surface area contributed by atoms with Gasteiger partial charge in [0.2, 0.25) is 5.91 Å². The molecule has 0 fully saturated rings. The molecule has 25 heavy (non-hydrogen) atoms. The van der Waals surface area contributed by atoms with Crippen molar-refractivity contribution in [1.82, 2.24) is 0 Å². The van der Waals surface area contributed by atoms with Crippen molar-refractivity contribution in [2.75, 3.05) is 16.8 Å². The highest BCUT2D eigenvalue weighted by molar-refractivity contribution is 7.07. The molecular formula is C20H19FN2OS. The first kappa shape index (κ1) is 17.2. The Hall–Kier alpha value is -2.66. The number of anilines is 2. The SMILES string of the molecule is O=C(CCN(Cc1ccsc1)c1ccccc1)Nc1ccccc1F. The fourth-order valence-corrected chi connectivity index (χ4v) is 3.21. The molecule has 128 valence electrons. The van der Waals surface area contributed by atoms with E-state index in [1.165, 1.54) is 11.6 Å². The van der Waals surface area contributed by atoms with Gasteiger partial charge in [0, 0.05) is 25.2 Å². The molecule has 0 bridgehead atoms. The lowest BCUT2D eigenvalue weighted by molar-refractivity contribution is -0.116. The molecule has 1 heterocycles. The normalized spacial score (nSPS) is 10.4. The lowest BCUT2D eigenvalue weighted by atomic mass is 10.2. The molecule has 5 heteroatoms. The first-order valence-corrected chi connectivity index (χ1v) is 9.02. The third-order valence-corrected chi connectivity index (χ3v) is 4.56. The predicted molar refractivity (Wildman–Crippen MR) is 101 cm³/mol. The minimum Gasteiger partial charge on any atom is -0.367 e. The summed E-state index contributed by atoms with van der Waals surface area (Å²) in [6, 6.07) is 18.3. The zero-order valence-corrected chi connectivity index (χ0v) is 14.5. The second-order valence-corrected chi connectivity index (χ2v) is 6.45. The number of hydrogen-bond acceptors (Lipinski definition) is 3. The fourth-order valence-electron chi connectivity index (χ4n) is 2.55. The van der Waals surface area contributed by atoms with Gasteiger partial charge in [-0.15, -0.1) is 0 Å². The molecule has 1 amide bonds. The van der Waals surface area contributed by atoms with Crippen LogP contribution in [0.1, 0.15) is 12.0 Å². The zero-order valence-electron chi connectivity index (χ0n) is 13.7. The maximum absolute atomic E-state index is 13.6. The summed E-state index contributed by atoms with van der Waals surface area (Å²) in [5, 5.41) is 6.79. The van der Waals surface area contributed by atoms with E-state index < -0.39 is 5.82 Å². The van der Waals surface area contributed by atoms with Gasteiger partial charge in [0.15, 0.2) is 0 Å². The fraction of sp³-hybridized carbons (Fsp3) is 0.150. The van der Waals surface area contributed by atoms with E-state index in [0.29, 0.717) is 6.54 Å². The Morgan fingerprint density at radius 2 is 1.80 bits per heavy atom. The Labute approximate surface area is 150 Å². The van der Waals surface area contributed by atoms with Crippen molar-refractivity contribution >= 4 is 28.6 Å². The Bertz CT molecular complexity index is 806. The van der Waals surface area contributed by atoms with Crippen molar-refractivity contribution in [2.24, 2.45) is 0 Å². The van der Waals surface area contributed by atoms with Gasteiger partial charge in [-0.3, -0.25) is 4.79 Å². The molecule has 0 spiro atoms. The van der Waals surface area contributed by atoms with Crippen LogP contribution in [-0.2, 0) is 11.3 Å². The molecule has 0 atom stereocenters. The Morgan fingerprint density at radius 3 is 2.52 bits per heavy atom. The van der Waals surface area contributed by atoms with E-state index in [9.17, 15) is 9.18 Å². The first-order chi connectivity index (χ1) is 12.2. The number of benzene rings is 2. The van der Waals surface area contributed by atoms with E-state index in [-0.39, 0.29) is 18.0 Å². The van der Waals surface area contributed by atoms with Gasteiger partial charge in [-0.05, 0) is 46.7 Å². The maximum atomic E-state index is 13.6. The van der Waals surface area contributed by atoms with Crippen molar-refractivity contribution in [3.63, 3.8) is 0 Å². The summed E-state index contributed by atoms with van der Waals surface area (Å²) in [7, 11) is 0. The minimum atomic E-state index is -0.422. The number of carbonyl (C=O) groups excluding carboxylic acids is 1. The minimum absolute atomic E-state index is 0.198. The summed E-state index contributed by atoms with van der Waals surface area (Å²) >= 11 is 1.66. The van der Waals surface area contributed by atoms with Crippen LogP contribution < -0.4 is 10.2 Å². The van der Waals surface area contributed by atoms with Gasteiger partial charge in [0.25, 0.3) is 0 Å². The number of thiophene rings is 1. The van der Waals surface area contributed by atoms with Crippen molar-refractivity contribution < 1.29 is 9.18 Å². The van der Waals surface area contributed by atoms with E-state index >= 15 is 0 Å². The molecule has 0 aliphatic carbocycles. The number of amides is 1. The van der Waals surface area contributed by atoms with Crippen LogP contribution in [0.25, 0.3) is 0 Å². The molecule has 0 saturated carbocycles. The topological polar surface area (TPSA) is 32.3 Å². The van der Waals surface area contributed by atoms with Gasteiger partial charge in [-0.25, -0.2) is 4.39 Å². The van der Waals surface area contributed by atoms with Gasteiger partial charge in [0.1, 0.15) is 5.82 Å². The van der Waals surface area contributed by atoms with E-state index in [4.69, 9.17) is 0 Å². The molecule has 3 nitrogen and oxygen atoms in total. The largest absolute Gasteiger partial charge is 0.367 e. The van der Waals surface area contributed by atoms with Crippen LogP contribution in [-0.4, -0.2) is 12.5 Å². The van der Waals surface area contributed by atoms with Crippen LogP contribution in [0.2, 0.25) is 0 Å². The summed E-state index contributed by atoms with van der Waals surface area (Å²) in [5.41, 5.74) is 2.49. The van der Waals surface area contributed by atoms with Crippen LogP contribution >= 0.6 is 11.3 Å². The van der Waals surface area contributed by atoms with E-state index in [1.807, 2.05) is 35.7 Å². The third-order valence-electron chi connectivity index (χ3n) is 3.83. The number of rotatable bonds is 7. The quantitative estimate of drug-likeness (QED) is 0.653. The highest BCUT2D eigenvalue weighted by Gasteiger charge is 2.12. The van der Waals surface area contributed by atoms with E-state index in [2.05, 4.69) is 21.7 Å². The first-order valence-electron chi connectivity index (χ1n) is 8.08. The second kappa shape index (κ2) is 8.44. The summed E-state index contributed by atoms with van der Waals surface area (Å²) < 4.78 is 13.6. The summed E-state index contributed by atoms with van der Waals surface area (Å²) in [6.45, 7) is 1.29. The molecule has 0 aliphatic rings. The highest BCUT2D eigenvalue weighted by Crippen LogP contribution is 2.19. The van der Waals surface area contributed by atoms with Crippen molar-refractivity contribution in [3.8, 4) is 0 Å². The molecular weight excluding hydrogens is 335 g/mol. The molecule has 3 aromatic rings. The van der Waals surface area contributed by atoms with Crippen LogP contribution in [0.15, 0.2) is 71.4 Å². The van der Waals surface area contributed by atoms with Crippen LogP contribution in [0, 0.1) is 5.82 Å². The smallest absolute Gasteiger partial charge is 0.226 e. The van der Waals surface area contributed by atoms with Crippen molar-refractivity contribution in [3.05, 3.63) is 82.8 Å². The molecule has 1 aromatic heterocycles. The van der Waals surface area contributed by atoms with Gasteiger partial charge < -0.3 is 10.2 Å². The molecule has 0 unspecified atom stereocenters. The molecule has 0 saturated heterocycles. The molecule has 0 aliphatic heterocycles. The second-order valence-electron chi connectivity index (χ2n) is 5.67. The average Bonchev–Trinajstić information content (AvgIpc) is 3.14. The van der Waals surface area contributed by atoms with Gasteiger partial charge in [-0.2, -0.15) is 11.3 Å². The van der Waals surface area contributed by atoms with Crippen LogP contribution in [0.5, 0.6) is 0 Å². The van der Waals surface area contributed by atoms with E-state index in [1.54, 1.807) is 29.5 Å². The van der Waals surface area contributed by atoms with Gasteiger partial charge in [-0.1, -0.05) is 30.3 Å². The van der Waals surface area contributed by atoms with Gasteiger partial charge >= 0.3 is 0 Å². The summed E-state index contributed by atoms with van der Waals surface area (Å²) in [5.74, 6) is -0.620. The molecule has 0 radical (unpaired) electrons. The van der Waals surface area contributed by atoms with Crippen LogP contribution in [0.3, 0.4) is 0 Å². The summed E-state index contributed by atoms with van der Waals surface area (Å²) in [4.78, 5) is 14.4. The monoisotopic (exact) mass is 354 g/mol. The molecule has 3 rings (SSSR count). The van der Waals surface area contributed by atoms with E-state index in [0.717, 1.165) is 12.2 Å². The number of nitrogens with zero attached hydrogens (tertiary/aromatic N) is 1. The summed E-state index contributed by atoms with van der Waals surface area (Å²) in [6.07, 6.45) is 0.285. The number of nitrogens with one attached hydrogen (secondary N) is 1. The average molecular weight is 354 g/mol. The number of para-hydroxylation sites is 2. The highest BCUT2D eigenvalue weighted by atomic mass is 32.1. The number of hydrogen-bond donors (Lipinski definition) is 1. The number of carbonyl (C=O) groups is 1. The third kappa shape index (κ3) is 4.90. The zero-order chi connectivity index (χ0) is 17.5. The molecule has 2 aromatic carbocycles.